The zero-order valence-electron chi connectivity index (χ0n) is 11.6. The molecular weight excluding hydrogens is 220 g/mol. The monoisotopic (exact) mass is 244 g/mol. The fourth-order valence-electron chi connectivity index (χ4n) is 2.99. The Bertz CT molecular complexity index is 395. The van der Waals surface area contributed by atoms with Gasteiger partial charge in [-0.25, -0.2) is 0 Å². The highest BCUT2D eigenvalue weighted by Crippen LogP contribution is 2.51. The van der Waals surface area contributed by atoms with Gasteiger partial charge >= 0.3 is 0 Å². The van der Waals surface area contributed by atoms with Crippen LogP contribution in [0.1, 0.15) is 38.7 Å². The molecule has 2 atom stereocenters. The van der Waals surface area contributed by atoms with Crippen LogP contribution < -0.4 is 0 Å². The number of benzene rings is 1. The Balaban J connectivity index is 1.71. The van der Waals surface area contributed by atoms with Crippen molar-refractivity contribution in [2.24, 2.45) is 11.3 Å². The van der Waals surface area contributed by atoms with Gasteiger partial charge in [0, 0.05) is 6.61 Å². The molecule has 0 bridgehead atoms. The van der Waals surface area contributed by atoms with E-state index in [1.807, 2.05) is 6.07 Å². The molecule has 2 rings (SSSR count). The molecule has 0 heterocycles. The number of hydrogen-bond donors (Lipinski definition) is 0. The Hall–Kier alpha value is -1.08. The minimum absolute atomic E-state index is 0.433. The SMILES string of the molecule is C=C(C)[C@H]1CC[C@]1(C)CCOCc1ccccc1. The zero-order chi connectivity index (χ0) is 13.0. The van der Waals surface area contributed by atoms with Crippen molar-refractivity contribution in [2.45, 2.75) is 39.7 Å². The smallest absolute Gasteiger partial charge is 0.0716 e. The first-order chi connectivity index (χ1) is 8.62. The van der Waals surface area contributed by atoms with Gasteiger partial charge in [0.15, 0.2) is 0 Å². The van der Waals surface area contributed by atoms with Crippen LogP contribution in [-0.2, 0) is 11.3 Å². The zero-order valence-corrected chi connectivity index (χ0v) is 11.6. The second-order valence-electron chi connectivity index (χ2n) is 5.88. The molecule has 0 N–H and O–H groups in total. The molecule has 1 saturated carbocycles. The second kappa shape index (κ2) is 5.71. The van der Waals surface area contributed by atoms with Gasteiger partial charge in [-0.15, -0.1) is 0 Å². The van der Waals surface area contributed by atoms with Gasteiger partial charge in [0.25, 0.3) is 0 Å². The van der Waals surface area contributed by atoms with E-state index in [1.165, 1.54) is 24.0 Å². The molecule has 18 heavy (non-hydrogen) atoms. The highest BCUT2D eigenvalue weighted by Gasteiger charge is 2.42. The molecule has 98 valence electrons. The molecule has 0 amide bonds. The number of hydrogen-bond acceptors (Lipinski definition) is 1. The van der Waals surface area contributed by atoms with Crippen LogP contribution in [0.4, 0.5) is 0 Å². The van der Waals surface area contributed by atoms with Crippen molar-refractivity contribution >= 4 is 0 Å². The first kappa shape index (κ1) is 13.4. The largest absolute Gasteiger partial charge is 0.377 e. The summed E-state index contributed by atoms with van der Waals surface area (Å²) in [6.07, 6.45) is 3.78. The van der Waals surface area contributed by atoms with E-state index in [4.69, 9.17) is 4.74 Å². The van der Waals surface area contributed by atoms with E-state index < -0.39 is 0 Å². The van der Waals surface area contributed by atoms with Crippen molar-refractivity contribution in [3.8, 4) is 0 Å². The number of ether oxygens (including phenoxy) is 1. The standard InChI is InChI=1S/C17H24O/c1-14(2)16-9-10-17(16,3)11-12-18-13-15-7-5-4-6-8-15/h4-8,16H,1,9-13H2,2-3H3/t16-,17-/m1/s1. The summed E-state index contributed by atoms with van der Waals surface area (Å²) in [5.41, 5.74) is 3.03. The minimum Gasteiger partial charge on any atom is -0.377 e. The topological polar surface area (TPSA) is 9.23 Å². The van der Waals surface area contributed by atoms with Gasteiger partial charge in [-0.2, -0.15) is 0 Å². The molecule has 1 aliphatic carbocycles. The van der Waals surface area contributed by atoms with Crippen LogP contribution in [0.25, 0.3) is 0 Å². The van der Waals surface area contributed by atoms with Crippen LogP contribution in [0.2, 0.25) is 0 Å². The molecule has 0 saturated heterocycles. The Morgan fingerprint density at radius 1 is 1.39 bits per heavy atom. The third kappa shape index (κ3) is 3.02. The van der Waals surface area contributed by atoms with Crippen LogP contribution in [0.3, 0.4) is 0 Å². The van der Waals surface area contributed by atoms with Gasteiger partial charge in [-0.3, -0.25) is 0 Å². The van der Waals surface area contributed by atoms with Crippen molar-refractivity contribution in [3.05, 3.63) is 48.0 Å². The average Bonchev–Trinajstić information content (AvgIpc) is 2.33. The fourth-order valence-corrected chi connectivity index (χ4v) is 2.99. The molecule has 1 fully saturated rings. The molecule has 0 radical (unpaired) electrons. The van der Waals surface area contributed by atoms with Gasteiger partial charge in [0.1, 0.15) is 0 Å². The van der Waals surface area contributed by atoms with Gasteiger partial charge in [0.05, 0.1) is 6.61 Å². The van der Waals surface area contributed by atoms with Crippen LogP contribution in [0.15, 0.2) is 42.5 Å². The maximum Gasteiger partial charge on any atom is 0.0716 e. The van der Waals surface area contributed by atoms with Crippen LogP contribution in [0, 0.1) is 11.3 Å². The summed E-state index contributed by atoms with van der Waals surface area (Å²) in [5, 5.41) is 0. The Labute approximate surface area is 111 Å². The third-order valence-electron chi connectivity index (χ3n) is 4.37. The van der Waals surface area contributed by atoms with Gasteiger partial charge in [0.2, 0.25) is 0 Å². The Kier molecular flexibility index (Phi) is 4.23. The molecule has 0 unspecified atom stereocenters. The van der Waals surface area contributed by atoms with E-state index in [0.29, 0.717) is 11.3 Å². The van der Waals surface area contributed by atoms with E-state index in [9.17, 15) is 0 Å². The molecule has 1 aromatic carbocycles. The molecule has 0 aromatic heterocycles. The molecule has 1 aliphatic rings. The molecule has 0 aliphatic heterocycles. The average molecular weight is 244 g/mol. The predicted molar refractivity (Wildman–Crippen MR) is 76.4 cm³/mol. The number of rotatable bonds is 6. The lowest BCUT2D eigenvalue weighted by atomic mass is 9.57. The lowest BCUT2D eigenvalue weighted by Gasteiger charge is -2.48. The van der Waals surface area contributed by atoms with Crippen LogP contribution in [0.5, 0.6) is 0 Å². The molecule has 1 aromatic rings. The quantitative estimate of drug-likeness (QED) is 0.525. The summed E-state index contributed by atoms with van der Waals surface area (Å²) >= 11 is 0. The summed E-state index contributed by atoms with van der Waals surface area (Å²) < 4.78 is 5.79. The summed E-state index contributed by atoms with van der Waals surface area (Å²) in [5.74, 6) is 0.706. The molecule has 1 nitrogen and oxygen atoms in total. The summed E-state index contributed by atoms with van der Waals surface area (Å²) in [6, 6.07) is 10.4. The number of allylic oxidation sites excluding steroid dienone is 1. The van der Waals surface area contributed by atoms with E-state index in [2.05, 4.69) is 44.7 Å². The van der Waals surface area contributed by atoms with Crippen molar-refractivity contribution in [3.63, 3.8) is 0 Å². The van der Waals surface area contributed by atoms with E-state index >= 15 is 0 Å². The second-order valence-corrected chi connectivity index (χ2v) is 5.88. The normalized spacial score (nSPS) is 26.7. The summed E-state index contributed by atoms with van der Waals surface area (Å²) in [6.45, 7) is 10.2. The lowest BCUT2D eigenvalue weighted by Crippen LogP contribution is -2.38. The molecular formula is C17H24O. The van der Waals surface area contributed by atoms with Crippen molar-refractivity contribution < 1.29 is 4.74 Å². The summed E-state index contributed by atoms with van der Waals surface area (Å²) in [4.78, 5) is 0. The third-order valence-corrected chi connectivity index (χ3v) is 4.37. The predicted octanol–water partition coefficient (Wildman–Crippen LogP) is 4.59. The lowest BCUT2D eigenvalue weighted by molar-refractivity contribution is 0.0182. The highest BCUT2D eigenvalue weighted by atomic mass is 16.5. The minimum atomic E-state index is 0.433. The molecule has 0 spiro atoms. The van der Waals surface area contributed by atoms with E-state index in [1.54, 1.807) is 0 Å². The first-order valence-electron chi connectivity index (χ1n) is 6.89. The summed E-state index contributed by atoms with van der Waals surface area (Å²) in [7, 11) is 0. The van der Waals surface area contributed by atoms with Crippen molar-refractivity contribution in [1.29, 1.82) is 0 Å². The van der Waals surface area contributed by atoms with E-state index in [-0.39, 0.29) is 0 Å². The van der Waals surface area contributed by atoms with Crippen molar-refractivity contribution in [2.75, 3.05) is 6.61 Å². The molecule has 1 heteroatoms. The fraction of sp³-hybridized carbons (Fsp3) is 0.529. The van der Waals surface area contributed by atoms with Crippen LogP contribution >= 0.6 is 0 Å². The Morgan fingerprint density at radius 2 is 2.11 bits per heavy atom. The Morgan fingerprint density at radius 3 is 2.67 bits per heavy atom. The highest BCUT2D eigenvalue weighted by molar-refractivity contribution is 5.13. The van der Waals surface area contributed by atoms with E-state index in [0.717, 1.165) is 19.6 Å². The van der Waals surface area contributed by atoms with Gasteiger partial charge in [-0.05, 0) is 43.1 Å². The van der Waals surface area contributed by atoms with Gasteiger partial charge < -0.3 is 4.74 Å². The van der Waals surface area contributed by atoms with Crippen molar-refractivity contribution in [1.82, 2.24) is 0 Å². The first-order valence-corrected chi connectivity index (χ1v) is 6.89. The maximum atomic E-state index is 5.79. The van der Waals surface area contributed by atoms with Gasteiger partial charge in [-0.1, -0.05) is 49.4 Å². The maximum absolute atomic E-state index is 5.79. The van der Waals surface area contributed by atoms with Crippen LogP contribution in [-0.4, -0.2) is 6.61 Å².